The van der Waals surface area contributed by atoms with Crippen LogP contribution in [-0.2, 0) is 20.9 Å². The monoisotopic (exact) mass is 558 g/mol. The number of nitrogens with zero attached hydrogens (tertiary/aromatic N) is 3. The van der Waals surface area contributed by atoms with Gasteiger partial charge >= 0.3 is 24.3 Å². The van der Waals surface area contributed by atoms with Gasteiger partial charge in [0, 0.05) is 25.8 Å². The van der Waals surface area contributed by atoms with Gasteiger partial charge in [-0.1, -0.05) is 0 Å². The molecule has 0 amide bonds. The van der Waals surface area contributed by atoms with Gasteiger partial charge in [0.05, 0.1) is 19.3 Å². The van der Waals surface area contributed by atoms with Crippen LogP contribution in [0.4, 0.5) is 32.2 Å². The second kappa shape index (κ2) is 13.5. The van der Waals surface area contributed by atoms with E-state index < -0.39 is 24.3 Å². The van der Waals surface area contributed by atoms with Crippen LogP contribution in [0.1, 0.15) is 30.3 Å². The zero-order valence-electron chi connectivity index (χ0n) is 19.1. The predicted molar refractivity (Wildman–Crippen MR) is 119 cm³/mol. The van der Waals surface area contributed by atoms with Crippen molar-refractivity contribution in [3.63, 3.8) is 0 Å². The summed E-state index contributed by atoms with van der Waals surface area (Å²) in [5.74, 6) is -2.88. The minimum Gasteiger partial charge on any atom is -0.475 e. The van der Waals surface area contributed by atoms with Crippen LogP contribution in [0.5, 0.6) is 0 Å². The molecule has 0 spiro atoms. The largest absolute Gasteiger partial charge is 0.490 e. The molecule has 1 saturated heterocycles. The number of hydrogen-bond donors (Lipinski definition) is 3. The first-order chi connectivity index (χ1) is 17.3. The standard InChI is InChI=1S/C17H22N4OS.2C2HF3O2/c1-2-13(1)9-19-16-3-5-18-17(20-16)15-11-22-7-6-21(15)10-14-4-8-23-12-14;2*3-2(4,5)1(6)7/h3-5,8,12-13,15H,1-2,6-7,9-11H2,(H,18,19,20);2*(H,6,7). The van der Waals surface area contributed by atoms with E-state index in [-0.39, 0.29) is 6.04 Å². The van der Waals surface area contributed by atoms with E-state index in [0.717, 1.165) is 43.8 Å². The van der Waals surface area contributed by atoms with Crippen LogP contribution in [0.15, 0.2) is 29.1 Å². The molecule has 16 heteroatoms. The van der Waals surface area contributed by atoms with Gasteiger partial charge in [0.15, 0.2) is 0 Å². The number of aliphatic carboxylic acids is 2. The molecule has 1 saturated carbocycles. The van der Waals surface area contributed by atoms with Crippen molar-refractivity contribution in [1.29, 1.82) is 0 Å². The normalized spacial score (nSPS) is 18.1. The van der Waals surface area contributed by atoms with Crippen molar-refractivity contribution in [1.82, 2.24) is 14.9 Å². The number of carboxylic acids is 2. The highest BCUT2D eigenvalue weighted by Crippen LogP contribution is 2.29. The van der Waals surface area contributed by atoms with Crippen molar-refractivity contribution in [2.75, 3.05) is 31.6 Å². The second-order valence-electron chi connectivity index (χ2n) is 7.92. The summed E-state index contributed by atoms with van der Waals surface area (Å²) in [7, 11) is 0. The van der Waals surface area contributed by atoms with Crippen molar-refractivity contribution in [3.05, 3.63) is 40.5 Å². The molecule has 0 bridgehead atoms. The molecule has 3 N–H and O–H groups in total. The lowest BCUT2D eigenvalue weighted by molar-refractivity contribution is -0.193. The van der Waals surface area contributed by atoms with E-state index in [1.807, 2.05) is 12.3 Å². The highest BCUT2D eigenvalue weighted by molar-refractivity contribution is 7.07. The van der Waals surface area contributed by atoms with Crippen molar-refractivity contribution in [2.45, 2.75) is 37.8 Å². The molecule has 4 rings (SSSR count). The van der Waals surface area contributed by atoms with Gasteiger partial charge in [-0.25, -0.2) is 19.6 Å². The summed E-state index contributed by atoms with van der Waals surface area (Å²) >= 11 is 1.74. The van der Waals surface area contributed by atoms with Crippen LogP contribution in [0, 0.1) is 5.92 Å². The van der Waals surface area contributed by atoms with E-state index in [1.165, 1.54) is 18.4 Å². The van der Waals surface area contributed by atoms with Gasteiger partial charge < -0.3 is 20.3 Å². The number of carbonyl (C=O) groups is 2. The van der Waals surface area contributed by atoms with E-state index in [4.69, 9.17) is 29.5 Å². The van der Waals surface area contributed by atoms with Crippen molar-refractivity contribution in [2.24, 2.45) is 5.92 Å². The maximum Gasteiger partial charge on any atom is 0.490 e. The SMILES string of the molecule is O=C(O)C(F)(F)F.O=C(O)C(F)(F)F.c1cc(NCC2CC2)nc(C2COCCN2Cc2ccsc2)n1. The van der Waals surface area contributed by atoms with Gasteiger partial charge in [0.25, 0.3) is 0 Å². The maximum atomic E-state index is 10.6. The molecule has 1 aliphatic heterocycles. The highest BCUT2D eigenvalue weighted by atomic mass is 32.1. The number of hydrogen-bond acceptors (Lipinski definition) is 8. The van der Waals surface area contributed by atoms with E-state index >= 15 is 0 Å². The molecular formula is C21H24F6N4O5S. The van der Waals surface area contributed by atoms with E-state index in [0.29, 0.717) is 6.61 Å². The van der Waals surface area contributed by atoms with Gasteiger partial charge in [0.1, 0.15) is 11.6 Å². The first-order valence-corrected chi connectivity index (χ1v) is 11.7. The summed E-state index contributed by atoms with van der Waals surface area (Å²) in [5.41, 5.74) is 1.35. The second-order valence-corrected chi connectivity index (χ2v) is 8.70. The molecule has 1 atom stereocenters. The van der Waals surface area contributed by atoms with Crippen LogP contribution >= 0.6 is 11.3 Å². The lowest BCUT2D eigenvalue weighted by atomic mass is 10.2. The number of aromatic nitrogens is 2. The molecule has 2 fully saturated rings. The zero-order chi connectivity index (χ0) is 27.6. The smallest absolute Gasteiger partial charge is 0.475 e. The third-order valence-electron chi connectivity index (χ3n) is 4.93. The van der Waals surface area contributed by atoms with Crippen LogP contribution < -0.4 is 5.32 Å². The number of alkyl halides is 6. The molecule has 37 heavy (non-hydrogen) atoms. The molecular weight excluding hydrogens is 534 g/mol. The molecule has 2 aliphatic rings. The molecule has 0 aromatic carbocycles. The Kier molecular flexibility index (Phi) is 11.1. The maximum absolute atomic E-state index is 10.6. The number of ether oxygens (including phenoxy) is 1. The third kappa shape index (κ3) is 11.3. The van der Waals surface area contributed by atoms with Crippen LogP contribution in [0.2, 0.25) is 0 Å². The Bertz CT molecular complexity index is 978. The molecule has 0 radical (unpaired) electrons. The highest BCUT2D eigenvalue weighted by Gasteiger charge is 2.39. The molecule has 9 nitrogen and oxygen atoms in total. The molecule has 206 valence electrons. The van der Waals surface area contributed by atoms with Crippen molar-refractivity contribution in [3.8, 4) is 0 Å². The lowest BCUT2D eigenvalue weighted by Gasteiger charge is -2.34. The zero-order valence-corrected chi connectivity index (χ0v) is 19.9. The van der Waals surface area contributed by atoms with Crippen molar-refractivity contribution < 1.29 is 50.9 Å². The minimum atomic E-state index is -5.08. The number of halogens is 6. The molecule has 3 heterocycles. The average molecular weight is 559 g/mol. The van der Waals surface area contributed by atoms with Crippen LogP contribution in [-0.4, -0.2) is 75.7 Å². The Labute approximate surface area is 211 Å². The number of nitrogens with one attached hydrogen (secondary N) is 1. The summed E-state index contributed by atoms with van der Waals surface area (Å²) in [4.78, 5) is 29.5. The van der Waals surface area contributed by atoms with E-state index in [9.17, 15) is 26.3 Å². The van der Waals surface area contributed by atoms with E-state index in [1.54, 1.807) is 11.3 Å². The Hall–Kier alpha value is -2.98. The number of carboxylic acid groups (broad SMARTS) is 2. The van der Waals surface area contributed by atoms with Crippen molar-refractivity contribution >= 4 is 29.1 Å². The Morgan fingerprint density at radius 3 is 2.24 bits per heavy atom. The van der Waals surface area contributed by atoms with Gasteiger partial charge in [-0.05, 0) is 47.2 Å². The molecule has 1 unspecified atom stereocenters. The molecule has 1 aliphatic carbocycles. The van der Waals surface area contributed by atoms with Crippen LogP contribution in [0.25, 0.3) is 0 Å². The first kappa shape index (κ1) is 30.2. The fourth-order valence-electron chi connectivity index (χ4n) is 2.89. The number of morpholine rings is 1. The minimum absolute atomic E-state index is 0.131. The summed E-state index contributed by atoms with van der Waals surface area (Å²) in [6.07, 6.45) is -5.62. The number of thiophene rings is 1. The quantitative estimate of drug-likeness (QED) is 0.448. The summed E-state index contributed by atoms with van der Waals surface area (Å²) in [6.45, 7) is 4.32. The summed E-state index contributed by atoms with van der Waals surface area (Å²) in [5, 5.41) is 22.0. The third-order valence-corrected chi connectivity index (χ3v) is 5.66. The Balaban J connectivity index is 0.000000286. The Morgan fingerprint density at radius 1 is 1.11 bits per heavy atom. The Morgan fingerprint density at radius 2 is 1.73 bits per heavy atom. The van der Waals surface area contributed by atoms with Crippen LogP contribution in [0.3, 0.4) is 0 Å². The van der Waals surface area contributed by atoms with E-state index in [2.05, 4.69) is 32.0 Å². The molecule has 2 aromatic heterocycles. The first-order valence-electron chi connectivity index (χ1n) is 10.8. The van der Waals surface area contributed by atoms with Gasteiger partial charge in [-0.3, -0.25) is 4.90 Å². The van der Waals surface area contributed by atoms with Gasteiger partial charge in [0.2, 0.25) is 0 Å². The number of rotatable bonds is 6. The fourth-order valence-corrected chi connectivity index (χ4v) is 3.55. The average Bonchev–Trinajstić information content (AvgIpc) is 3.52. The summed E-state index contributed by atoms with van der Waals surface area (Å²) < 4.78 is 69.2. The number of anilines is 1. The topological polar surface area (TPSA) is 125 Å². The lowest BCUT2D eigenvalue weighted by Crippen LogP contribution is -2.39. The molecule has 2 aromatic rings. The predicted octanol–water partition coefficient (Wildman–Crippen LogP) is 4.20. The van der Waals surface area contributed by atoms with Gasteiger partial charge in [-0.15, -0.1) is 0 Å². The summed E-state index contributed by atoms with van der Waals surface area (Å²) in [6, 6.07) is 4.27. The fraction of sp³-hybridized carbons (Fsp3) is 0.524. The van der Waals surface area contributed by atoms with Gasteiger partial charge in [-0.2, -0.15) is 37.7 Å².